The fourth-order valence-corrected chi connectivity index (χ4v) is 4.29. The number of carboxylic acids is 1. The van der Waals surface area contributed by atoms with Crippen molar-refractivity contribution in [2.24, 2.45) is 0 Å². The van der Waals surface area contributed by atoms with Gasteiger partial charge in [-0.25, -0.2) is 13.2 Å². The van der Waals surface area contributed by atoms with E-state index in [9.17, 15) is 18.3 Å². The summed E-state index contributed by atoms with van der Waals surface area (Å²) in [6, 6.07) is 9.23. The van der Waals surface area contributed by atoms with Crippen LogP contribution in [-0.2, 0) is 9.84 Å². The molecule has 0 radical (unpaired) electrons. The van der Waals surface area contributed by atoms with Gasteiger partial charge in [0.25, 0.3) is 0 Å². The fraction of sp³-hybridized carbons (Fsp3) is 0.318. The van der Waals surface area contributed by atoms with Crippen molar-refractivity contribution >= 4 is 37.4 Å². The molecule has 0 bridgehead atoms. The molecule has 0 heterocycles. The predicted molar refractivity (Wildman–Crippen MR) is 121 cm³/mol. The van der Waals surface area contributed by atoms with E-state index in [1.807, 2.05) is 0 Å². The maximum Gasteiger partial charge on any atom is 0.337 e. The van der Waals surface area contributed by atoms with Crippen LogP contribution < -0.4 is 10.1 Å². The van der Waals surface area contributed by atoms with E-state index in [0.29, 0.717) is 15.8 Å². The van der Waals surface area contributed by atoms with Crippen LogP contribution in [0.5, 0.6) is 5.75 Å². The van der Waals surface area contributed by atoms with Crippen LogP contribution in [0.15, 0.2) is 45.8 Å². The van der Waals surface area contributed by atoms with Gasteiger partial charge in [0.15, 0.2) is 9.84 Å². The van der Waals surface area contributed by atoms with Gasteiger partial charge in [-0.15, -0.1) is 0 Å². The lowest BCUT2D eigenvalue weighted by Gasteiger charge is -2.14. The number of carbonyl (C=O) groups is 1. The van der Waals surface area contributed by atoms with Crippen molar-refractivity contribution in [1.82, 2.24) is 0 Å². The number of aromatic carboxylic acids is 1. The molecule has 2 N–H and O–H groups in total. The first-order valence-electron chi connectivity index (χ1n) is 9.43. The molecule has 30 heavy (non-hydrogen) atoms. The number of halogens is 1. The summed E-state index contributed by atoms with van der Waals surface area (Å²) in [4.78, 5) is 11.6. The number of unbranched alkanes of at least 4 members (excludes halogenated alkanes) is 2. The lowest BCUT2D eigenvalue weighted by molar-refractivity contribution is 0.0697. The van der Waals surface area contributed by atoms with Crippen LogP contribution >= 0.6 is 15.9 Å². The molecule has 0 unspecified atom stereocenters. The smallest absolute Gasteiger partial charge is 0.337 e. The van der Waals surface area contributed by atoms with Crippen LogP contribution in [-0.4, -0.2) is 32.0 Å². The second kappa shape index (κ2) is 11.0. The van der Waals surface area contributed by atoms with Crippen LogP contribution in [0.1, 0.15) is 42.1 Å². The Morgan fingerprint density at radius 2 is 1.90 bits per heavy atom. The van der Waals surface area contributed by atoms with Crippen LogP contribution in [0.2, 0.25) is 0 Å². The average molecular weight is 494 g/mol. The number of rotatable bonds is 9. The Hall–Kier alpha value is -2.50. The van der Waals surface area contributed by atoms with E-state index in [4.69, 9.17) is 4.74 Å². The number of ether oxygens (including phenoxy) is 1. The summed E-state index contributed by atoms with van der Waals surface area (Å²) in [5.74, 6) is 4.90. The highest BCUT2D eigenvalue weighted by atomic mass is 79.9. The van der Waals surface area contributed by atoms with E-state index < -0.39 is 21.7 Å². The van der Waals surface area contributed by atoms with Gasteiger partial charge in [-0.3, -0.25) is 0 Å². The largest absolute Gasteiger partial charge is 0.481 e. The minimum Gasteiger partial charge on any atom is -0.481 e. The second-order valence-corrected chi connectivity index (χ2v) is 9.51. The molecule has 0 aliphatic rings. The van der Waals surface area contributed by atoms with Crippen molar-refractivity contribution in [2.45, 2.75) is 38.0 Å². The Morgan fingerprint density at radius 1 is 1.20 bits per heavy atom. The lowest BCUT2D eigenvalue weighted by Crippen LogP contribution is -2.17. The van der Waals surface area contributed by atoms with Gasteiger partial charge in [-0.2, -0.15) is 0 Å². The number of carboxylic acid groups (broad SMARTS) is 1. The molecule has 0 fully saturated rings. The first-order chi connectivity index (χ1) is 14.2. The van der Waals surface area contributed by atoms with Crippen molar-refractivity contribution in [2.75, 3.05) is 17.8 Å². The summed E-state index contributed by atoms with van der Waals surface area (Å²) in [5, 5.41) is 12.2. The van der Waals surface area contributed by atoms with Gasteiger partial charge in [0.05, 0.1) is 16.1 Å². The van der Waals surface area contributed by atoms with Gasteiger partial charge in [0.1, 0.15) is 18.2 Å². The Kier molecular flexibility index (Phi) is 8.75. The number of sulfone groups is 1. The number of benzene rings is 2. The minimum absolute atomic E-state index is 0.000805. The molecule has 0 amide bonds. The molecule has 0 atom stereocenters. The second-order valence-electron chi connectivity index (χ2n) is 6.60. The quantitative estimate of drug-likeness (QED) is 0.382. The zero-order valence-corrected chi connectivity index (χ0v) is 19.3. The third kappa shape index (κ3) is 6.78. The van der Waals surface area contributed by atoms with Crippen molar-refractivity contribution in [3.05, 3.63) is 52.0 Å². The molecule has 0 aliphatic carbocycles. The molecule has 8 heteroatoms. The molecule has 0 aliphatic heterocycles. The van der Waals surface area contributed by atoms with E-state index in [-0.39, 0.29) is 22.8 Å². The van der Waals surface area contributed by atoms with E-state index >= 15 is 0 Å². The summed E-state index contributed by atoms with van der Waals surface area (Å²) in [7, 11) is -3.68. The zero-order valence-electron chi connectivity index (χ0n) is 16.9. The Morgan fingerprint density at radius 3 is 2.53 bits per heavy atom. The van der Waals surface area contributed by atoms with E-state index in [1.54, 1.807) is 25.1 Å². The Bertz CT molecular complexity index is 1050. The highest BCUT2D eigenvalue weighted by Crippen LogP contribution is 2.27. The summed E-state index contributed by atoms with van der Waals surface area (Å²) in [5.41, 5.74) is 0.900. The van der Waals surface area contributed by atoms with Crippen molar-refractivity contribution in [3.8, 4) is 17.6 Å². The molecule has 0 saturated carbocycles. The summed E-state index contributed by atoms with van der Waals surface area (Å²) in [6.45, 7) is 4.07. The molecule has 0 saturated heterocycles. The fourth-order valence-electron chi connectivity index (χ4n) is 2.66. The number of nitrogens with one attached hydrogen (secondary N) is 1. The molecular formula is C22H24BrNO5S. The van der Waals surface area contributed by atoms with E-state index in [2.05, 4.69) is 40.0 Å². The molecule has 2 aromatic rings. The number of hydrogen-bond acceptors (Lipinski definition) is 5. The number of hydrogen-bond donors (Lipinski definition) is 2. The summed E-state index contributed by atoms with van der Waals surface area (Å²) in [6.07, 6.45) is 2.99. The standard InChI is InChI=1S/C22H24BrNO5S/c1-3-4-5-6-7-12-29-18-8-10-19(11-9-18)30(27,28)15-24-21-16(2)13-17(23)14-20(21)22(25)26/h8-11,13-14,24H,3-5,12,15H2,1-2H3,(H,25,26). The van der Waals surface area contributed by atoms with Gasteiger partial charge in [-0.05, 0) is 55.3 Å². The third-order valence-corrected chi connectivity index (χ3v) is 6.22. The summed E-state index contributed by atoms with van der Waals surface area (Å²) < 4.78 is 31.4. The van der Waals surface area contributed by atoms with Gasteiger partial charge < -0.3 is 15.2 Å². The SMILES string of the molecule is CCCCC#CCOc1ccc(S(=O)(=O)CNc2c(C)cc(Br)cc2C(=O)O)cc1. The third-order valence-electron chi connectivity index (χ3n) is 4.24. The molecule has 2 rings (SSSR count). The number of aryl methyl sites for hydroxylation is 1. The van der Waals surface area contributed by atoms with Gasteiger partial charge >= 0.3 is 5.97 Å². The van der Waals surface area contributed by atoms with Crippen molar-refractivity contribution in [1.29, 1.82) is 0 Å². The first-order valence-corrected chi connectivity index (χ1v) is 11.9. The van der Waals surface area contributed by atoms with Gasteiger partial charge in [0, 0.05) is 10.9 Å². The van der Waals surface area contributed by atoms with Gasteiger partial charge in [0.2, 0.25) is 0 Å². The minimum atomic E-state index is -3.68. The maximum atomic E-state index is 12.7. The zero-order chi connectivity index (χ0) is 22.1. The summed E-state index contributed by atoms with van der Waals surface area (Å²) >= 11 is 3.25. The number of anilines is 1. The topological polar surface area (TPSA) is 92.7 Å². The lowest BCUT2D eigenvalue weighted by atomic mass is 10.1. The molecule has 0 aromatic heterocycles. The first kappa shape index (κ1) is 23.8. The Balaban J connectivity index is 2.04. The highest BCUT2D eigenvalue weighted by Gasteiger charge is 2.18. The van der Waals surface area contributed by atoms with Crippen molar-refractivity contribution < 1.29 is 23.1 Å². The van der Waals surface area contributed by atoms with Crippen molar-refractivity contribution in [3.63, 3.8) is 0 Å². The van der Waals surface area contributed by atoms with E-state index in [1.165, 1.54) is 18.2 Å². The maximum absolute atomic E-state index is 12.7. The van der Waals surface area contributed by atoms with Crippen LogP contribution in [0.25, 0.3) is 0 Å². The monoisotopic (exact) mass is 493 g/mol. The predicted octanol–water partition coefficient (Wildman–Crippen LogP) is 4.87. The highest BCUT2D eigenvalue weighted by molar-refractivity contribution is 9.10. The molecule has 160 valence electrons. The van der Waals surface area contributed by atoms with Crippen LogP contribution in [0.4, 0.5) is 5.69 Å². The molecule has 0 spiro atoms. The van der Waals surface area contributed by atoms with Crippen LogP contribution in [0.3, 0.4) is 0 Å². The van der Waals surface area contributed by atoms with Crippen LogP contribution in [0, 0.1) is 18.8 Å². The average Bonchev–Trinajstić information content (AvgIpc) is 2.69. The normalized spacial score (nSPS) is 10.8. The molecular weight excluding hydrogens is 470 g/mol. The molecule has 2 aromatic carbocycles. The van der Waals surface area contributed by atoms with Gasteiger partial charge in [-0.1, -0.05) is 41.1 Å². The van der Waals surface area contributed by atoms with E-state index in [0.717, 1.165) is 19.3 Å². The molecule has 6 nitrogen and oxygen atoms in total. The Labute approximate surface area is 185 Å².